The molecule has 39 heavy (non-hydrogen) atoms. The van der Waals surface area contributed by atoms with E-state index >= 15 is 0 Å². The van der Waals surface area contributed by atoms with Gasteiger partial charge in [-0.2, -0.15) is 0 Å². The lowest BCUT2D eigenvalue weighted by atomic mass is 10.1. The summed E-state index contributed by atoms with van der Waals surface area (Å²) in [5.41, 5.74) is 5.39. The number of urea groups is 1. The Balaban J connectivity index is 2.22. The number of hydrogen-bond acceptors (Lipinski definition) is 3. The van der Waals surface area contributed by atoms with Crippen molar-refractivity contribution >= 4 is 29.0 Å². The summed E-state index contributed by atoms with van der Waals surface area (Å²) in [6, 6.07) is 14.9. The first kappa shape index (κ1) is 31.7. The summed E-state index contributed by atoms with van der Waals surface area (Å²) in [5.74, 6) is -0.156. The van der Waals surface area contributed by atoms with Crippen LogP contribution in [0.5, 0.6) is 0 Å². The second-order valence-corrected chi connectivity index (χ2v) is 10.5. The molecule has 0 aliphatic carbocycles. The number of unbranched alkanes of at least 4 members (excludes halogenated alkanes) is 4. The zero-order chi connectivity index (χ0) is 28.6. The third kappa shape index (κ3) is 11.4. The van der Waals surface area contributed by atoms with Crippen LogP contribution in [0.1, 0.15) is 83.0 Å². The van der Waals surface area contributed by atoms with Crippen molar-refractivity contribution in [1.29, 1.82) is 0 Å². The number of hydrogen-bond donors (Lipinski definition) is 2. The second-order valence-electron chi connectivity index (χ2n) is 10.5. The summed E-state index contributed by atoms with van der Waals surface area (Å²) in [7, 11) is 3.99. The molecule has 2 aromatic carbocycles. The van der Waals surface area contributed by atoms with Crippen LogP contribution >= 0.6 is 0 Å². The van der Waals surface area contributed by atoms with Crippen LogP contribution in [-0.2, 0) is 0 Å². The van der Waals surface area contributed by atoms with Crippen molar-refractivity contribution < 1.29 is 9.59 Å². The molecule has 0 aliphatic rings. The molecule has 6 heteroatoms. The normalized spacial score (nSPS) is 11.1. The fourth-order valence-corrected chi connectivity index (χ4v) is 4.19. The molecule has 0 heterocycles. The van der Waals surface area contributed by atoms with Gasteiger partial charge in [-0.15, -0.1) is 0 Å². The zero-order valence-corrected chi connectivity index (χ0v) is 24.8. The Morgan fingerprint density at radius 2 is 1.51 bits per heavy atom. The average Bonchev–Trinajstić information content (AvgIpc) is 2.91. The van der Waals surface area contributed by atoms with Crippen LogP contribution in [0.15, 0.2) is 71.8 Å². The van der Waals surface area contributed by atoms with Crippen LogP contribution in [0.3, 0.4) is 0 Å². The quantitative estimate of drug-likeness (QED) is 0.180. The van der Waals surface area contributed by atoms with Crippen molar-refractivity contribution in [1.82, 2.24) is 5.32 Å². The molecular weight excluding hydrogens is 484 g/mol. The third-order valence-corrected chi connectivity index (χ3v) is 6.61. The number of amides is 3. The molecule has 0 saturated heterocycles. The van der Waals surface area contributed by atoms with Crippen LogP contribution in [0.4, 0.5) is 21.9 Å². The van der Waals surface area contributed by atoms with Gasteiger partial charge in [0.25, 0.3) is 5.91 Å². The van der Waals surface area contributed by atoms with E-state index in [0.717, 1.165) is 37.1 Å². The standard InChI is InChI=1S/C33H48N4O2/c1-7-8-9-10-13-24-34-33(39)35-31-18-12-11-17-30(31)32(38)37(25-23-27(4)16-14-15-26(2)3)29-21-19-28(20-22-29)36(5)6/h11-12,15,17-23H,7-10,13-14,16,24-25H2,1-6H3,(H2,34,35,39)/b27-23+. The Labute approximate surface area is 236 Å². The van der Waals surface area contributed by atoms with E-state index in [1.807, 2.05) is 55.4 Å². The van der Waals surface area contributed by atoms with Gasteiger partial charge in [-0.25, -0.2) is 4.79 Å². The van der Waals surface area contributed by atoms with Crippen molar-refractivity contribution in [2.24, 2.45) is 0 Å². The zero-order valence-electron chi connectivity index (χ0n) is 24.8. The SMILES string of the molecule is CCCCCCCNC(=O)Nc1ccccc1C(=O)N(C/C=C(\C)CCC=C(C)C)c1ccc(N(C)C)cc1. The molecule has 0 saturated carbocycles. The number of para-hydroxylation sites is 1. The molecule has 0 radical (unpaired) electrons. The minimum Gasteiger partial charge on any atom is -0.378 e. The molecule has 0 aromatic heterocycles. The molecule has 0 fully saturated rings. The first-order valence-electron chi connectivity index (χ1n) is 14.2. The van der Waals surface area contributed by atoms with Crippen LogP contribution in [0.2, 0.25) is 0 Å². The number of rotatable bonds is 15. The molecule has 3 amide bonds. The highest BCUT2D eigenvalue weighted by molar-refractivity contribution is 6.11. The summed E-state index contributed by atoms with van der Waals surface area (Å²) in [5, 5.41) is 5.83. The third-order valence-electron chi connectivity index (χ3n) is 6.61. The van der Waals surface area contributed by atoms with Gasteiger partial charge in [0, 0.05) is 38.6 Å². The molecule has 2 rings (SSSR count). The lowest BCUT2D eigenvalue weighted by molar-refractivity contribution is 0.0990. The number of allylic oxidation sites excluding steroid dienone is 3. The van der Waals surface area contributed by atoms with Crippen LogP contribution in [0, 0.1) is 0 Å². The van der Waals surface area contributed by atoms with E-state index in [1.54, 1.807) is 17.0 Å². The van der Waals surface area contributed by atoms with Crippen LogP contribution in [-0.4, -0.2) is 39.1 Å². The second kappa shape index (κ2) is 17.1. The van der Waals surface area contributed by atoms with Gasteiger partial charge in [0.05, 0.1) is 11.3 Å². The van der Waals surface area contributed by atoms with Gasteiger partial charge in [0.1, 0.15) is 0 Å². The van der Waals surface area contributed by atoms with Crippen molar-refractivity contribution in [3.8, 4) is 0 Å². The highest BCUT2D eigenvalue weighted by Crippen LogP contribution is 2.25. The molecule has 0 bridgehead atoms. The van der Waals surface area contributed by atoms with Crippen molar-refractivity contribution in [3.63, 3.8) is 0 Å². The van der Waals surface area contributed by atoms with E-state index in [-0.39, 0.29) is 11.9 Å². The summed E-state index contributed by atoms with van der Waals surface area (Å²) in [6.07, 6.45) is 11.9. The van der Waals surface area contributed by atoms with Gasteiger partial charge in [0.2, 0.25) is 0 Å². The van der Waals surface area contributed by atoms with E-state index in [1.165, 1.54) is 30.4 Å². The number of benzene rings is 2. The van der Waals surface area contributed by atoms with Gasteiger partial charge in [-0.1, -0.05) is 68.0 Å². The van der Waals surface area contributed by atoms with Gasteiger partial charge < -0.3 is 20.4 Å². The maximum absolute atomic E-state index is 13.9. The minimum absolute atomic E-state index is 0.156. The van der Waals surface area contributed by atoms with E-state index in [9.17, 15) is 9.59 Å². The molecule has 0 aliphatic heterocycles. The monoisotopic (exact) mass is 532 g/mol. The molecule has 2 N–H and O–H groups in total. The molecule has 2 aromatic rings. The fraction of sp³-hybridized carbons (Fsp3) is 0.455. The number of nitrogens with zero attached hydrogens (tertiary/aromatic N) is 2. The Kier molecular flexibility index (Phi) is 13.9. The maximum Gasteiger partial charge on any atom is 0.319 e. The van der Waals surface area contributed by atoms with Crippen molar-refractivity contribution in [2.75, 3.05) is 42.3 Å². The summed E-state index contributed by atoms with van der Waals surface area (Å²) >= 11 is 0. The van der Waals surface area contributed by atoms with E-state index in [4.69, 9.17) is 0 Å². The Morgan fingerprint density at radius 3 is 2.18 bits per heavy atom. The molecule has 6 nitrogen and oxygen atoms in total. The van der Waals surface area contributed by atoms with Crippen molar-refractivity contribution in [2.45, 2.75) is 72.6 Å². The molecule has 0 spiro atoms. The maximum atomic E-state index is 13.9. The largest absolute Gasteiger partial charge is 0.378 e. The Morgan fingerprint density at radius 1 is 0.846 bits per heavy atom. The average molecular weight is 533 g/mol. The molecule has 212 valence electrons. The van der Waals surface area contributed by atoms with Crippen LogP contribution < -0.4 is 20.4 Å². The topological polar surface area (TPSA) is 64.7 Å². The van der Waals surface area contributed by atoms with E-state index in [0.29, 0.717) is 24.3 Å². The predicted octanol–water partition coefficient (Wildman–Crippen LogP) is 8.18. The number of carbonyl (C=O) groups excluding carboxylic acids is 2. The minimum atomic E-state index is -0.289. The molecular formula is C33H48N4O2. The lowest BCUT2D eigenvalue weighted by Gasteiger charge is -2.24. The Bertz CT molecular complexity index is 1100. The molecule has 0 atom stereocenters. The van der Waals surface area contributed by atoms with Crippen LogP contribution in [0.25, 0.3) is 0 Å². The van der Waals surface area contributed by atoms with Gasteiger partial charge in [0.15, 0.2) is 0 Å². The Hall–Kier alpha value is -3.54. The fourth-order valence-electron chi connectivity index (χ4n) is 4.19. The first-order valence-corrected chi connectivity index (χ1v) is 14.2. The smallest absolute Gasteiger partial charge is 0.319 e. The van der Waals surface area contributed by atoms with Gasteiger partial charge >= 0.3 is 6.03 Å². The number of carbonyl (C=O) groups is 2. The van der Waals surface area contributed by atoms with E-state index in [2.05, 4.69) is 50.5 Å². The highest BCUT2D eigenvalue weighted by atomic mass is 16.2. The van der Waals surface area contributed by atoms with Gasteiger partial charge in [-0.05, 0) is 76.4 Å². The predicted molar refractivity (Wildman–Crippen MR) is 167 cm³/mol. The lowest BCUT2D eigenvalue weighted by Crippen LogP contribution is -2.34. The number of anilines is 3. The summed E-state index contributed by atoms with van der Waals surface area (Å²) in [4.78, 5) is 30.4. The van der Waals surface area contributed by atoms with Crippen molar-refractivity contribution in [3.05, 3.63) is 77.4 Å². The molecule has 0 unspecified atom stereocenters. The summed E-state index contributed by atoms with van der Waals surface area (Å²) in [6.45, 7) is 9.57. The van der Waals surface area contributed by atoms with Gasteiger partial charge in [-0.3, -0.25) is 4.79 Å². The number of nitrogens with one attached hydrogen (secondary N) is 2. The summed E-state index contributed by atoms with van der Waals surface area (Å²) < 4.78 is 0. The van der Waals surface area contributed by atoms with E-state index < -0.39 is 0 Å². The first-order chi connectivity index (χ1) is 18.7. The highest BCUT2D eigenvalue weighted by Gasteiger charge is 2.21.